The zero-order valence-corrected chi connectivity index (χ0v) is 12.9. The summed E-state index contributed by atoms with van der Waals surface area (Å²) < 4.78 is 32.7. The van der Waals surface area contributed by atoms with Crippen molar-refractivity contribution < 1.29 is 13.5 Å². The molecule has 3 rings (SSSR count). The summed E-state index contributed by atoms with van der Waals surface area (Å²) in [5, 5.41) is 3.39. The molecule has 2 saturated heterocycles. The number of benzene rings is 1. The first kappa shape index (κ1) is 15.6. The Morgan fingerprint density at radius 3 is 2.64 bits per heavy atom. The highest BCUT2D eigenvalue weighted by Gasteiger charge is 2.27. The molecule has 0 aliphatic carbocycles. The number of piperazine rings is 1. The molecule has 1 unspecified atom stereocenters. The topological polar surface area (TPSA) is 27.7 Å². The van der Waals surface area contributed by atoms with Crippen LogP contribution < -0.4 is 10.1 Å². The fraction of sp³-hybridized carbons (Fsp3) is 0.625. The first-order chi connectivity index (χ1) is 10.7. The summed E-state index contributed by atoms with van der Waals surface area (Å²) in [6.45, 7) is 6.24. The molecule has 1 N–H and O–H groups in total. The Morgan fingerprint density at radius 2 is 2.00 bits per heavy atom. The Balaban J connectivity index is 1.62. The largest absolute Gasteiger partial charge is 0.496 e. The van der Waals surface area contributed by atoms with Gasteiger partial charge in [0.25, 0.3) is 0 Å². The fourth-order valence-electron chi connectivity index (χ4n) is 3.37. The van der Waals surface area contributed by atoms with Gasteiger partial charge in [0.15, 0.2) is 11.6 Å². The van der Waals surface area contributed by atoms with Crippen molar-refractivity contribution in [3.05, 3.63) is 29.3 Å². The number of halogens is 2. The second-order valence-electron chi connectivity index (χ2n) is 6.00. The highest BCUT2D eigenvalue weighted by atomic mass is 19.2. The molecule has 2 fully saturated rings. The van der Waals surface area contributed by atoms with Crippen LogP contribution in [0.15, 0.2) is 12.1 Å². The molecular formula is C16H23F2N3O. The van der Waals surface area contributed by atoms with Crippen molar-refractivity contribution in [3.8, 4) is 5.75 Å². The van der Waals surface area contributed by atoms with E-state index in [1.54, 1.807) is 0 Å². The van der Waals surface area contributed by atoms with E-state index in [4.69, 9.17) is 4.74 Å². The number of methoxy groups -OCH3 is 1. The van der Waals surface area contributed by atoms with Crippen molar-refractivity contribution in [2.45, 2.75) is 19.0 Å². The van der Waals surface area contributed by atoms with Gasteiger partial charge < -0.3 is 10.1 Å². The van der Waals surface area contributed by atoms with Crippen molar-refractivity contribution in [2.24, 2.45) is 0 Å². The molecular weight excluding hydrogens is 288 g/mol. The average molecular weight is 311 g/mol. The lowest BCUT2D eigenvalue weighted by Gasteiger charge is -2.38. The highest BCUT2D eigenvalue weighted by molar-refractivity contribution is 5.35. The average Bonchev–Trinajstić information content (AvgIpc) is 3.07. The Bertz CT molecular complexity index is 512. The summed E-state index contributed by atoms with van der Waals surface area (Å²) in [6, 6.07) is 3.24. The van der Waals surface area contributed by atoms with E-state index in [2.05, 4.69) is 15.1 Å². The van der Waals surface area contributed by atoms with Gasteiger partial charge >= 0.3 is 0 Å². The second-order valence-corrected chi connectivity index (χ2v) is 6.00. The van der Waals surface area contributed by atoms with Crippen LogP contribution in [0.3, 0.4) is 0 Å². The van der Waals surface area contributed by atoms with Crippen LogP contribution in [-0.4, -0.2) is 62.2 Å². The number of nitrogens with zero attached hydrogens (tertiary/aromatic N) is 2. The number of nitrogens with one attached hydrogen (secondary N) is 1. The third-order valence-corrected chi connectivity index (χ3v) is 4.71. The number of rotatable bonds is 4. The first-order valence-corrected chi connectivity index (χ1v) is 7.87. The Labute approximate surface area is 130 Å². The quantitative estimate of drug-likeness (QED) is 0.911. The van der Waals surface area contributed by atoms with Gasteiger partial charge in [-0.3, -0.25) is 9.80 Å². The van der Waals surface area contributed by atoms with E-state index in [9.17, 15) is 8.78 Å². The summed E-state index contributed by atoms with van der Waals surface area (Å²) >= 11 is 0. The monoisotopic (exact) mass is 311 g/mol. The molecule has 22 heavy (non-hydrogen) atoms. The van der Waals surface area contributed by atoms with Crippen LogP contribution >= 0.6 is 0 Å². The Morgan fingerprint density at radius 1 is 1.23 bits per heavy atom. The summed E-state index contributed by atoms with van der Waals surface area (Å²) in [7, 11) is 1.49. The van der Waals surface area contributed by atoms with Crippen LogP contribution in [0.2, 0.25) is 0 Å². The Kier molecular flexibility index (Phi) is 4.90. The molecule has 1 aromatic rings. The van der Waals surface area contributed by atoms with Crippen LogP contribution in [0.25, 0.3) is 0 Å². The zero-order chi connectivity index (χ0) is 15.5. The van der Waals surface area contributed by atoms with Crippen molar-refractivity contribution >= 4 is 0 Å². The van der Waals surface area contributed by atoms with Crippen LogP contribution in [0, 0.1) is 11.6 Å². The van der Waals surface area contributed by atoms with Crippen LogP contribution in [0.5, 0.6) is 5.75 Å². The lowest BCUT2D eigenvalue weighted by Crippen LogP contribution is -2.50. The normalized spacial score (nSPS) is 23.9. The predicted octanol–water partition coefficient (Wildman–Crippen LogP) is 1.45. The first-order valence-electron chi connectivity index (χ1n) is 7.87. The van der Waals surface area contributed by atoms with Crippen LogP contribution in [-0.2, 0) is 6.54 Å². The highest BCUT2D eigenvalue weighted by Crippen LogP contribution is 2.25. The van der Waals surface area contributed by atoms with Crippen LogP contribution in [0.1, 0.15) is 12.0 Å². The molecule has 0 amide bonds. The van der Waals surface area contributed by atoms with Gasteiger partial charge in [-0.15, -0.1) is 0 Å². The summed E-state index contributed by atoms with van der Waals surface area (Å²) in [6.07, 6.45) is 1.20. The number of hydrogen-bond acceptors (Lipinski definition) is 4. The minimum atomic E-state index is -0.813. The lowest BCUT2D eigenvalue weighted by molar-refractivity contribution is 0.0966. The van der Waals surface area contributed by atoms with Gasteiger partial charge in [0.1, 0.15) is 5.75 Å². The maximum Gasteiger partial charge on any atom is 0.167 e. The zero-order valence-electron chi connectivity index (χ0n) is 12.9. The van der Waals surface area contributed by atoms with Gasteiger partial charge in [0.05, 0.1) is 7.11 Å². The predicted molar refractivity (Wildman–Crippen MR) is 81.0 cm³/mol. The molecule has 1 aromatic carbocycles. The second kappa shape index (κ2) is 6.89. The molecule has 6 heteroatoms. The van der Waals surface area contributed by atoms with Crippen molar-refractivity contribution in [1.82, 2.24) is 15.1 Å². The maximum absolute atomic E-state index is 14.0. The van der Waals surface area contributed by atoms with E-state index in [0.29, 0.717) is 23.9 Å². The molecule has 122 valence electrons. The molecule has 4 nitrogen and oxygen atoms in total. The van der Waals surface area contributed by atoms with E-state index < -0.39 is 11.6 Å². The van der Waals surface area contributed by atoms with Gasteiger partial charge in [-0.25, -0.2) is 8.78 Å². The fourth-order valence-corrected chi connectivity index (χ4v) is 3.37. The SMILES string of the molecule is COc1ccc(F)c(F)c1CN1CCN(C2CCNC2)CC1. The molecule has 2 aliphatic rings. The van der Waals surface area contributed by atoms with Crippen molar-refractivity contribution in [2.75, 3.05) is 46.4 Å². The van der Waals surface area contributed by atoms with Crippen molar-refractivity contribution in [3.63, 3.8) is 0 Å². The summed E-state index contributed by atoms with van der Waals surface area (Å²) in [5.74, 6) is -1.19. The van der Waals surface area contributed by atoms with E-state index in [0.717, 1.165) is 45.3 Å². The molecule has 0 bridgehead atoms. The van der Waals surface area contributed by atoms with E-state index in [1.165, 1.54) is 19.6 Å². The minimum absolute atomic E-state index is 0.318. The van der Waals surface area contributed by atoms with Gasteiger partial charge in [-0.1, -0.05) is 0 Å². The standard InChI is InChI=1S/C16H23F2N3O/c1-22-15-3-2-14(17)16(18)13(15)11-20-6-8-21(9-7-20)12-4-5-19-10-12/h2-3,12,19H,4-11H2,1H3. The third-order valence-electron chi connectivity index (χ3n) is 4.71. The lowest BCUT2D eigenvalue weighted by atomic mass is 10.1. The van der Waals surface area contributed by atoms with Crippen LogP contribution in [0.4, 0.5) is 8.78 Å². The van der Waals surface area contributed by atoms with E-state index >= 15 is 0 Å². The number of ether oxygens (including phenoxy) is 1. The molecule has 0 saturated carbocycles. The molecule has 0 radical (unpaired) electrons. The summed E-state index contributed by atoms with van der Waals surface area (Å²) in [4.78, 5) is 4.66. The number of hydrogen-bond donors (Lipinski definition) is 1. The van der Waals surface area contributed by atoms with E-state index in [1.807, 2.05) is 0 Å². The van der Waals surface area contributed by atoms with Gasteiger partial charge in [-0.2, -0.15) is 0 Å². The Hall–Kier alpha value is -1.24. The van der Waals surface area contributed by atoms with Crippen molar-refractivity contribution in [1.29, 1.82) is 0 Å². The molecule has 2 aliphatic heterocycles. The summed E-state index contributed by atoms with van der Waals surface area (Å²) in [5.41, 5.74) is 0.318. The van der Waals surface area contributed by atoms with E-state index in [-0.39, 0.29) is 0 Å². The maximum atomic E-state index is 14.0. The smallest absolute Gasteiger partial charge is 0.167 e. The van der Waals surface area contributed by atoms with Gasteiger partial charge in [0, 0.05) is 50.9 Å². The third kappa shape index (κ3) is 3.24. The van der Waals surface area contributed by atoms with Gasteiger partial charge in [-0.05, 0) is 25.1 Å². The molecule has 2 heterocycles. The molecule has 0 spiro atoms. The minimum Gasteiger partial charge on any atom is -0.496 e. The molecule has 0 aromatic heterocycles. The molecule has 1 atom stereocenters. The van der Waals surface area contributed by atoms with Gasteiger partial charge in [0.2, 0.25) is 0 Å².